The molecule has 4 rings (SSSR count). The van der Waals surface area contributed by atoms with E-state index in [-0.39, 0.29) is 5.91 Å². The van der Waals surface area contributed by atoms with Crippen LogP contribution >= 0.6 is 12.2 Å². The van der Waals surface area contributed by atoms with Crippen LogP contribution < -0.4 is 11.1 Å². The smallest absolute Gasteiger partial charge is 0.277 e. The lowest BCUT2D eigenvalue weighted by Crippen LogP contribution is -2.04. The summed E-state index contributed by atoms with van der Waals surface area (Å²) < 4.78 is 0. The fraction of sp³-hybridized carbons (Fsp3) is 0.0870. The van der Waals surface area contributed by atoms with Crippen LogP contribution in [0.3, 0.4) is 0 Å². The maximum absolute atomic E-state index is 12.6. The second-order valence-corrected chi connectivity index (χ2v) is 6.97. The Morgan fingerprint density at radius 3 is 2.57 bits per heavy atom. The van der Waals surface area contributed by atoms with Gasteiger partial charge in [-0.1, -0.05) is 48.6 Å². The molecule has 0 fully saturated rings. The predicted octanol–water partition coefficient (Wildman–Crippen LogP) is 4.58. The number of nitrogens with zero attached hydrogens (tertiary/aromatic N) is 1. The molecule has 28 heavy (non-hydrogen) atoms. The molecule has 0 atom stereocenters. The first-order valence-electron chi connectivity index (χ1n) is 9.07. The number of hydrogen-bond acceptors (Lipinski definition) is 3. The second kappa shape index (κ2) is 7.74. The van der Waals surface area contributed by atoms with Crippen molar-refractivity contribution in [2.45, 2.75) is 12.8 Å². The maximum atomic E-state index is 12.6. The van der Waals surface area contributed by atoms with Crippen molar-refractivity contribution in [2.24, 2.45) is 4.99 Å². The van der Waals surface area contributed by atoms with Crippen molar-refractivity contribution in [1.29, 1.82) is 0 Å². The summed E-state index contributed by atoms with van der Waals surface area (Å²) in [4.78, 5) is 20.2. The van der Waals surface area contributed by atoms with Gasteiger partial charge in [-0.3, -0.25) is 4.79 Å². The first kappa shape index (κ1) is 18.1. The highest BCUT2D eigenvalue weighted by molar-refractivity contribution is 7.78. The van der Waals surface area contributed by atoms with E-state index >= 15 is 0 Å². The van der Waals surface area contributed by atoms with Crippen LogP contribution in [-0.2, 0) is 6.42 Å². The zero-order valence-corrected chi connectivity index (χ0v) is 16.0. The van der Waals surface area contributed by atoms with E-state index in [2.05, 4.69) is 9.98 Å². The van der Waals surface area contributed by atoms with E-state index in [0.29, 0.717) is 16.6 Å². The van der Waals surface area contributed by atoms with Crippen molar-refractivity contribution in [2.75, 3.05) is 5.73 Å². The Hall–Kier alpha value is -3.31. The molecule has 0 unspecified atom stereocenters. The molecule has 1 aromatic heterocycles. The number of hydrogen-bond donors (Lipinski definition) is 2. The van der Waals surface area contributed by atoms with Crippen molar-refractivity contribution in [1.82, 2.24) is 4.98 Å². The van der Waals surface area contributed by atoms with Gasteiger partial charge in [-0.05, 0) is 54.1 Å². The van der Waals surface area contributed by atoms with Gasteiger partial charge in [0, 0.05) is 21.9 Å². The van der Waals surface area contributed by atoms with Crippen LogP contribution in [0.25, 0.3) is 21.8 Å². The molecule has 0 spiro atoms. The number of aromatic nitrogens is 1. The Bertz CT molecular complexity index is 1260. The average Bonchev–Trinajstić information content (AvgIpc) is 2.93. The minimum Gasteiger partial charge on any atom is -0.397 e. The number of aromatic amines is 1. The largest absolute Gasteiger partial charge is 0.397 e. The molecule has 4 aromatic rings. The van der Waals surface area contributed by atoms with Crippen LogP contribution in [0.1, 0.15) is 22.3 Å². The first-order valence-corrected chi connectivity index (χ1v) is 9.55. The van der Waals surface area contributed by atoms with E-state index in [1.54, 1.807) is 5.37 Å². The van der Waals surface area contributed by atoms with E-state index in [1.165, 1.54) is 0 Å². The molecule has 0 bridgehead atoms. The lowest BCUT2D eigenvalue weighted by atomic mass is 10.1. The fourth-order valence-corrected chi connectivity index (χ4v) is 3.42. The molecular weight excluding hydrogens is 366 g/mol. The normalized spacial score (nSPS) is 11.8. The van der Waals surface area contributed by atoms with E-state index in [4.69, 9.17) is 18.0 Å². The number of nitrogens with two attached hydrogens (primary N) is 1. The number of aryl methyl sites for hydroxylation is 1. The predicted molar refractivity (Wildman–Crippen MR) is 119 cm³/mol. The number of carbonyl (C=O) groups is 1. The van der Waals surface area contributed by atoms with Gasteiger partial charge in [0.15, 0.2) is 0 Å². The highest BCUT2D eigenvalue weighted by Gasteiger charge is 2.06. The van der Waals surface area contributed by atoms with Gasteiger partial charge in [-0.25, -0.2) is 4.99 Å². The van der Waals surface area contributed by atoms with Gasteiger partial charge in [0.1, 0.15) is 0 Å². The van der Waals surface area contributed by atoms with Crippen molar-refractivity contribution >= 4 is 51.0 Å². The van der Waals surface area contributed by atoms with Crippen molar-refractivity contribution in [3.05, 3.63) is 83.2 Å². The third-order valence-corrected chi connectivity index (χ3v) is 4.98. The topological polar surface area (TPSA) is 71.2 Å². The lowest BCUT2D eigenvalue weighted by Gasteiger charge is -1.99. The summed E-state index contributed by atoms with van der Waals surface area (Å²) in [5.74, 6) is -0.267. The Labute approximate surface area is 167 Å². The summed E-state index contributed by atoms with van der Waals surface area (Å²) in [6.45, 7) is 0. The number of benzene rings is 2. The van der Waals surface area contributed by atoms with Crippen LogP contribution in [0.4, 0.5) is 5.69 Å². The Morgan fingerprint density at radius 2 is 1.79 bits per heavy atom. The molecule has 0 aliphatic rings. The molecule has 138 valence electrons. The zero-order chi connectivity index (χ0) is 19.5. The monoisotopic (exact) mass is 385 g/mol. The van der Waals surface area contributed by atoms with Gasteiger partial charge < -0.3 is 10.7 Å². The van der Waals surface area contributed by atoms with Gasteiger partial charge >= 0.3 is 0 Å². The van der Waals surface area contributed by atoms with Crippen molar-refractivity contribution < 1.29 is 4.79 Å². The van der Waals surface area contributed by atoms with Crippen LogP contribution in [0.2, 0.25) is 0 Å². The summed E-state index contributed by atoms with van der Waals surface area (Å²) in [5.41, 5.74) is 10.3. The summed E-state index contributed by atoms with van der Waals surface area (Å²) >= 11 is 4.86. The standard InChI is InChI=1S/C23H19N3OS/c24-20-8-2-7-19-18-6-1-5-17(14-21(18)26-22(19)20)25-23(27)16-11-9-15(10-12-16)4-3-13-28/h1-2,5-14,26H,3-4,24H2. The lowest BCUT2D eigenvalue weighted by molar-refractivity contribution is 0.0998. The summed E-state index contributed by atoms with van der Waals surface area (Å²) in [6.07, 6.45) is 1.73. The van der Waals surface area contributed by atoms with Crippen LogP contribution in [0.15, 0.2) is 71.7 Å². The number of rotatable bonds is 4. The number of carbonyl (C=O) groups excluding carboxylic acids is 1. The molecular formula is C23H19N3OS. The van der Waals surface area contributed by atoms with E-state index in [9.17, 15) is 4.79 Å². The number of thiocarbonyl (C=S) groups is 1. The molecule has 0 aliphatic carbocycles. The number of amides is 1. The van der Waals surface area contributed by atoms with E-state index in [1.807, 2.05) is 66.7 Å². The third kappa shape index (κ3) is 3.57. The maximum Gasteiger partial charge on any atom is 0.277 e. The number of nitrogen functional groups attached to an aromatic ring is 1. The molecule has 0 saturated heterocycles. The minimum absolute atomic E-state index is 0.267. The second-order valence-electron chi connectivity index (χ2n) is 6.64. The molecule has 0 radical (unpaired) electrons. The van der Waals surface area contributed by atoms with Crippen molar-refractivity contribution in [3.8, 4) is 0 Å². The van der Waals surface area contributed by atoms with Gasteiger partial charge in [0.25, 0.3) is 5.91 Å². The van der Waals surface area contributed by atoms with E-state index in [0.717, 1.165) is 40.2 Å². The Kier molecular flexibility index (Phi) is 5.00. The van der Waals surface area contributed by atoms with Gasteiger partial charge in [0.05, 0.1) is 16.6 Å². The first-order chi connectivity index (χ1) is 13.7. The number of para-hydroxylation sites is 1. The molecule has 4 nitrogen and oxygen atoms in total. The minimum atomic E-state index is -0.267. The Morgan fingerprint density at radius 1 is 1.04 bits per heavy atom. The van der Waals surface area contributed by atoms with Crippen LogP contribution in [-0.4, -0.2) is 16.3 Å². The number of nitrogens with one attached hydrogen (secondary N) is 1. The molecule has 1 heterocycles. The van der Waals surface area contributed by atoms with Crippen LogP contribution in [0.5, 0.6) is 0 Å². The van der Waals surface area contributed by atoms with Gasteiger partial charge in [0.2, 0.25) is 0 Å². The summed E-state index contributed by atoms with van der Waals surface area (Å²) in [5, 5.41) is 4.41. The molecule has 1 amide bonds. The molecule has 0 saturated carbocycles. The highest BCUT2D eigenvalue weighted by Crippen LogP contribution is 2.27. The number of H-pyrrole nitrogens is 1. The van der Waals surface area contributed by atoms with Gasteiger partial charge in [-0.2, -0.15) is 0 Å². The Balaban J connectivity index is 1.72. The van der Waals surface area contributed by atoms with Crippen LogP contribution in [0, 0.1) is 0 Å². The average molecular weight is 385 g/mol. The molecule has 3 N–H and O–H groups in total. The third-order valence-electron chi connectivity index (χ3n) is 4.74. The SMILES string of the molecule is Nc1cccc2c1[nH]c1cc(=NC(=O)c3ccc(CCC=S)cc3)cccc12. The van der Waals surface area contributed by atoms with E-state index < -0.39 is 0 Å². The van der Waals surface area contributed by atoms with Gasteiger partial charge in [-0.15, -0.1) is 0 Å². The molecule has 5 heteroatoms. The quantitative estimate of drug-likeness (QED) is 0.399. The molecule has 0 aliphatic heterocycles. The zero-order valence-electron chi connectivity index (χ0n) is 15.2. The number of fused-ring (bicyclic) bond motifs is 3. The molecule has 3 aromatic carbocycles. The number of anilines is 1. The summed E-state index contributed by atoms with van der Waals surface area (Å²) in [7, 11) is 0. The van der Waals surface area contributed by atoms with Crippen molar-refractivity contribution in [3.63, 3.8) is 0 Å². The summed E-state index contributed by atoms with van der Waals surface area (Å²) in [6, 6.07) is 21.0. The highest BCUT2D eigenvalue weighted by atomic mass is 32.1. The fourth-order valence-electron chi connectivity index (χ4n) is 3.30.